The zero-order valence-corrected chi connectivity index (χ0v) is 14.6. The van der Waals surface area contributed by atoms with E-state index in [1.54, 1.807) is 10.9 Å². The molecule has 1 aromatic carbocycles. The van der Waals surface area contributed by atoms with Crippen molar-refractivity contribution in [3.05, 3.63) is 47.8 Å². The van der Waals surface area contributed by atoms with Gasteiger partial charge in [-0.15, -0.1) is 0 Å². The Kier molecular flexibility index (Phi) is 4.44. The summed E-state index contributed by atoms with van der Waals surface area (Å²) in [6.45, 7) is 7.01. The van der Waals surface area contributed by atoms with Gasteiger partial charge in [0.15, 0.2) is 0 Å². The zero-order valence-electron chi connectivity index (χ0n) is 14.6. The minimum Gasteiger partial charge on any atom is -0.493 e. The quantitative estimate of drug-likeness (QED) is 0.850. The fraction of sp³-hybridized carbons (Fsp3) is 0.474. The first-order chi connectivity index (χ1) is 12.2. The van der Waals surface area contributed by atoms with Crippen LogP contribution in [0.5, 0.6) is 5.75 Å². The summed E-state index contributed by atoms with van der Waals surface area (Å²) in [7, 11) is 0. The summed E-state index contributed by atoms with van der Waals surface area (Å²) in [5.41, 5.74) is 2.65. The van der Waals surface area contributed by atoms with E-state index in [2.05, 4.69) is 28.2 Å². The second-order valence-electron chi connectivity index (χ2n) is 6.80. The first-order valence-corrected chi connectivity index (χ1v) is 8.95. The molecule has 1 amide bonds. The van der Waals surface area contributed by atoms with Crippen LogP contribution in [0.1, 0.15) is 24.1 Å². The van der Waals surface area contributed by atoms with Crippen molar-refractivity contribution in [3.63, 3.8) is 0 Å². The molecule has 2 aromatic rings. The molecule has 2 aliphatic rings. The van der Waals surface area contributed by atoms with Gasteiger partial charge in [0.05, 0.1) is 6.61 Å². The lowest BCUT2D eigenvalue weighted by Gasteiger charge is -2.36. The van der Waals surface area contributed by atoms with E-state index in [-0.39, 0.29) is 11.9 Å². The number of rotatable bonds is 4. The third-order valence-corrected chi connectivity index (χ3v) is 5.12. The number of carbonyl (C=O) groups is 1. The van der Waals surface area contributed by atoms with Gasteiger partial charge in [-0.1, -0.05) is 12.1 Å². The van der Waals surface area contributed by atoms with Crippen molar-refractivity contribution in [3.8, 4) is 5.75 Å². The average Bonchev–Trinajstić information content (AvgIpc) is 3.32. The van der Waals surface area contributed by atoms with E-state index in [0.29, 0.717) is 0 Å². The Balaban J connectivity index is 1.31. The van der Waals surface area contributed by atoms with E-state index in [0.717, 1.165) is 51.5 Å². The Hall–Kier alpha value is -2.34. The molecule has 25 heavy (non-hydrogen) atoms. The summed E-state index contributed by atoms with van der Waals surface area (Å²) in [6.07, 6.45) is 4.57. The lowest BCUT2D eigenvalue weighted by molar-refractivity contribution is -0.136. The summed E-state index contributed by atoms with van der Waals surface area (Å²) in [4.78, 5) is 17.0. The molecule has 0 bridgehead atoms. The van der Waals surface area contributed by atoms with Crippen molar-refractivity contribution in [1.82, 2.24) is 19.6 Å². The van der Waals surface area contributed by atoms with Crippen molar-refractivity contribution in [1.29, 1.82) is 0 Å². The number of fused-ring (bicyclic) bond motifs is 1. The van der Waals surface area contributed by atoms with E-state index in [1.807, 2.05) is 24.1 Å². The molecular formula is C19H24N4O2. The Morgan fingerprint density at radius 2 is 2.12 bits per heavy atom. The van der Waals surface area contributed by atoms with E-state index in [9.17, 15) is 4.79 Å². The molecule has 0 radical (unpaired) electrons. The van der Waals surface area contributed by atoms with Gasteiger partial charge in [0.2, 0.25) is 5.91 Å². The van der Waals surface area contributed by atoms with Gasteiger partial charge >= 0.3 is 0 Å². The first-order valence-electron chi connectivity index (χ1n) is 8.95. The summed E-state index contributed by atoms with van der Waals surface area (Å²) in [5.74, 6) is 1.19. The van der Waals surface area contributed by atoms with Gasteiger partial charge in [-0.2, -0.15) is 5.10 Å². The molecule has 132 valence electrons. The second kappa shape index (κ2) is 6.88. The van der Waals surface area contributed by atoms with Crippen LogP contribution in [0.2, 0.25) is 0 Å². The van der Waals surface area contributed by atoms with Crippen molar-refractivity contribution < 1.29 is 9.53 Å². The molecule has 0 spiro atoms. The molecule has 1 fully saturated rings. The smallest absolute Gasteiger partial charge is 0.247 e. The first kappa shape index (κ1) is 16.1. The monoisotopic (exact) mass is 340 g/mol. The lowest BCUT2D eigenvalue weighted by atomic mass is 10.1. The van der Waals surface area contributed by atoms with Gasteiger partial charge in [0, 0.05) is 51.5 Å². The Labute approximate surface area is 148 Å². The number of nitrogens with zero attached hydrogens (tertiary/aromatic N) is 4. The van der Waals surface area contributed by atoms with E-state index in [4.69, 9.17) is 4.74 Å². The van der Waals surface area contributed by atoms with Crippen LogP contribution in [0.25, 0.3) is 0 Å². The highest BCUT2D eigenvalue weighted by Crippen LogP contribution is 2.26. The topological polar surface area (TPSA) is 50.6 Å². The van der Waals surface area contributed by atoms with Gasteiger partial charge in [-0.3, -0.25) is 14.4 Å². The molecule has 0 aliphatic carbocycles. The number of ether oxygens (including phenoxy) is 1. The molecule has 6 heteroatoms. The van der Waals surface area contributed by atoms with Gasteiger partial charge in [0.1, 0.15) is 11.8 Å². The lowest BCUT2D eigenvalue weighted by Crippen LogP contribution is -2.49. The third kappa shape index (κ3) is 3.39. The number of carbonyl (C=O) groups excluding carboxylic acids is 1. The normalized spacial score (nSPS) is 18.7. The number of hydrogen-bond acceptors (Lipinski definition) is 4. The molecule has 0 saturated carbocycles. The van der Waals surface area contributed by atoms with Crippen LogP contribution in [0.15, 0.2) is 36.7 Å². The SMILES string of the molecule is C[C@H](C(=O)N1CCN(Cc2ccc3c(c2)CCO3)CC1)n1cccn1. The molecule has 4 rings (SSSR count). The molecule has 0 unspecified atom stereocenters. The van der Waals surface area contributed by atoms with E-state index < -0.39 is 0 Å². The molecule has 6 nitrogen and oxygen atoms in total. The predicted molar refractivity (Wildman–Crippen MR) is 94.4 cm³/mol. The number of amides is 1. The van der Waals surface area contributed by atoms with Crippen LogP contribution < -0.4 is 4.74 Å². The van der Waals surface area contributed by atoms with Crippen LogP contribution in [0.4, 0.5) is 0 Å². The Bertz CT molecular complexity index is 736. The maximum Gasteiger partial charge on any atom is 0.247 e. The number of piperazine rings is 1. The van der Waals surface area contributed by atoms with Crippen molar-refractivity contribution in [2.24, 2.45) is 0 Å². The minimum atomic E-state index is -0.238. The standard InChI is InChI=1S/C19H24N4O2/c1-15(23-7-2-6-20-23)19(24)22-10-8-21(9-11-22)14-16-3-4-18-17(13-16)5-12-25-18/h2-4,6-7,13,15H,5,8-12,14H2,1H3/t15-/m1/s1. The van der Waals surface area contributed by atoms with Crippen LogP contribution in [-0.4, -0.2) is 58.3 Å². The largest absolute Gasteiger partial charge is 0.493 e. The van der Waals surface area contributed by atoms with Gasteiger partial charge < -0.3 is 9.64 Å². The van der Waals surface area contributed by atoms with Crippen molar-refractivity contribution >= 4 is 5.91 Å². The molecule has 2 aliphatic heterocycles. The Morgan fingerprint density at radius 1 is 1.28 bits per heavy atom. The van der Waals surface area contributed by atoms with Gasteiger partial charge in [-0.25, -0.2) is 0 Å². The van der Waals surface area contributed by atoms with Crippen LogP contribution in [-0.2, 0) is 17.8 Å². The third-order valence-electron chi connectivity index (χ3n) is 5.12. The maximum atomic E-state index is 12.6. The van der Waals surface area contributed by atoms with E-state index in [1.165, 1.54) is 11.1 Å². The highest BCUT2D eigenvalue weighted by molar-refractivity contribution is 5.80. The van der Waals surface area contributed by atoms with Crippen LogP contribution in [0, 0.1) is 0 Å². The summed E-state index contributed by atoms with van der Waals surface area (Å²) in [5, 5.41) is 4.18. The van der Waals surface area contributed by atoms with Crippen molar-refractivity contribution in [2.75, 3.05) is 32.8 Å². The summed E-state index contributed by atoms with van der Waals surface area (Å²) >= 11 is 0. The van der Waals surface area contributed by atoms with Gasteiger partial charge in [-0.05, 0) is 30.2 Å². The summed E-state index contributed by atoms with van der Waals surface area (Å²) < 4.78 is 7.30. The second-order valence-corrected chi connectivity index (χ2v) is 6.80. The van der Waals surface area contributed by atoms with E-state index >= 15 is 0 Å². The molecule has 1 saturated heterocycles. The number of aromatic nitrogens is 2. The molecular weight excluding hydrogens is 316 g/mol. The predicted octanol–water partition coefficient (Wildman–Crippen LogP) is 1.72. The molecule has 0 N–H and O–H groups in total. The fourth-order valence-corrected chi connectivity index (χ4v) is 3.61. The molecule has 1 atom stereocenters. The van der Waals surface area contributed by atoms with Crippen LogP contribution in [0.3, 0.4) is 0 Å². The molecule has 1 aromatic heterocycles. The minimum absolute atomic E-state index is 0.151. The van der Waals surface area contributed by atoms with Crippen molar-refractivity contribution in [2.45, 2.75) is 25.9 Å². The number of benzene rings is 1. The van der Waals surface area contributed by atoms with Crippen LogP contribution >= 0.6 is 0 Å². The zero-order chi connectivity index (χ0) is 17.2. The Morgan fingerprint density at radius 3 is 2.88 bits per heavy atom. The fourth-order valence-electron chi connectivity index (χ4n) is 3.61. The molecule has 3 heterocycles. The maximum absolute atomic E-state index is 12.6. The average molecular weight is 340 g/mol. The highest BCUT2D eigenvalue weighted by atomic mass is 16.5. The van der Waals surface area contributed by atoms with Gasteiger partial charge in [0.25, 0.3) is 0 Å². The number of hydrogen-bond donors (Lipinski definition) is 0. The summed E-state index contributed by atoms with van der Waals surface area (Å²) in [6, 6.07) is 8.12. The highest BCUT2D eigenvalue weighted by Gasteiger charge is 2.26.